The SMILES string of the molecule is CCOC(=O)c1coc(N2CCNCC2)n1. The lowest BCUT2D eigenvalue weighted by atomic mass is 10.4. The highest BCUT2D eigenvalue weighted by atomic mass is 16.5. The maximum atomic E-state index is 11.4. The van der Waals surface area contributed by atoms with E-state index in [1.165, 1.54) is 6.26 Å². The molecule has 0 bridgehead atoms. The van der Waals surface area contributed by atoms with Gasteiger partial charge >= 0.3 is 5.97 Å². The highest BCUT2D eigenvalue weighted by Gasteiger charge is 2.18. The number of esters is 1. The third-order valence-corrected chi connectivity index (χ3v) is 2.36. The Kier molecular flexibility index (Phi) is 3.40. The lowest BCUT2D eigenvalue weighted by molar-refractivity contribution is 0.0519. The monoisotopic (exact) mass is 225 g/mol. The first-order chi connectivity index (χ1) is 7.81. The molecule has 0 amide bonds. The zero-order valence-corrected chi connectivity index (χ0v) is 9.23. The number of nitrogens with one attached hydrogen (secondary N) is 1. The standard InChI is InChI=1S/C10H15N3O3/c1-2-15-9(14)8-7-16-10(12-8)13-5-3-11-4-6-13/h7,11H,2-6H2,1H3. The highest BCUT2D eigenvalue weighted by Crippen LogP contribution is 2.14. The van der Waals surface area contributed by atoms with Crippen molar-refractivity contribution in [2.45, 2.75) is 6.92 Å². The molecule has 1 N–H and O–H groups in total. The molecular formula is C10H15N3O3. The fraction of sp³-hybridized carbons (Fsp3) is 0.600. The highest BCUT2D eigenvalue weighted by molar-refractivity contribution is 5.87. The minimum absolute atomic E-state index is 0.232. The number of nitrogens with zero attached hydrogens (tertiary/aromatic N) is 2. The maximum Gasteiger partial charge on any atom is 0.360 e. The Bertz CT molecular complexity index is 358. The molecule has 88 valence electrons. The van der Waals surface area contributed by atoms with Crippen LogP contribution in [0.5, 0.6) is 0 Å². The number of piperazine rings is 1. The number of carbonyl (C=O) groups is 1. The molecule has 0 atom stereocenters. The number of carbonyl (C=O) groups excluding carboxylic acids is 1. The molecule has 1 aliphatic rings. The number of hydrogen-bond donors (Lipinski definition) is 1. The van der Waals surface area contributed by atoms with Crippen molar-refractivity contribution in [2.75, 3.05) is 37.7 Å². The smallest absolute Gasteiger partial charge is 0.360 e. The molecular weight excluding hydrogens is 210 g/mol. The number of ether oxygens (including phenoxy) is 1. The van der Waals surface area contributed by atoms with Crippen LogP contribution in [0, 0.1) is 0 Å². The molecule has 0 unspecified atom stereocenters. The van der Waals surface area contributed by atoms with Gasteiger partial charge in [-0.25, -0.2) is 4.79 Å². The van der Waals surface area contributed by atoms with E-state index in [9.17, 15) is 4.79 Å². The van der Waals surface area contributed by atoms with Gasteiger partial charge in [-0.2, -0.15) is 4.98 Å². The molecule has 1 aliphatic heterocycles. The molecule has 16 heavy (non-hydrogen) atoms. The van der Waals surface area contributed by atoms with Gasteiger partial charge in [0.25, 0.3) is 6.01 Å². The Hall–Kier alpha value is -1.56. The van der Waals surface area contributed by atoms with Crippen LogP contribution in [-0.2, 0) is 4.74 Å². The number of aromatic nitrogens is 1. The number of oxazole rings is 1. The molecule has 6 heteroatoms. The molecule has 1 aromatic heterocycles. The maximum absolute atomic E-state index is 11.4. The van der Waals surface area contributed by atoms with Gasteiger partial charge < -0.3 is 19.4 Å². The Balaban J connectivity index is 2.03. The van der Waals surface area contributed by atoms with E-state index in [2.05, 4.69) is 10.3 Å². The third-order valence-electron chi connectivity index (χ3n) is 2.36. The summed E-state index contributed by atoms with van der Waals surface area (Å²) in [4.78, 5) is 17.5. The minimum Gasteiger partial charge on any atom is -0.461 e. The Labute approximate surface area is 93.6 Å². The van der Waals surface area contributed by atoms with Crippen LogP contribution in [0.3, 0.4) is 0 Å². The molecule has 6 nitrogen and oxygen atoms in total. The van der Waals surface area contributed by atoms with Crippen molar-refractivity contribution in [1.82, 2.24) is 10.3 Å². The van der Waals surface area contributed by atoms with Gasteiger partial charge in [0.2, 0.25) is 0 Å². The average molecular weight is 225 g/mol. The lowest BCUT2D eigenvalue weighted by Gasteiger charge is -2.25. The zero-order valence-electron chi connectivity index (χ0n) is 9.23. The number of anilines is 1. The van der Waals surface area contributed by atoms with Crippen LogP contribution in [0.4, 0.5) is 6.01 Å². The lowest BCUT2D eigenvalue weighted by Crippen LogP contribution is -2.43. The van der Waals surface area contributed by atoms with E-state index in [1.54, 1.807) is 6.92 Å². The van der Waals surface area contributed by atoms with Crippen molar-refractivity contribution in [1.29, 1.82) is 0 Å². The van der Waals surface area contributed by atoms with E-state index >= 15 is 0 Å². The first-order valence-corrected chi connectivity index (χ1v) is 5.39. The van der Waals surface area contributed by atoms with E-state index in [4.69, 9.17) is 9.15 Å². The van der Waals surface area contributed by atoms with Gasteiger partial charge in [0.15, 0.2) is 5.69 Å². The van der Waals surface area contributed by atoms with E-state index in [0.29, 0.717) is 12.6 Å². The van der Waals surface area contributed by atoms with Gasteiger partial charge in [-0.05, 0) is 6.92 Å². The molecule has 0 aromatic carbocycles. The normalized spacial score (nSPS) is 16.2. The third kappa shape index (κ3) is 2.33. The summed E-state index contributed by atoms with van der Waals surface area (Å²) in [7, 11) is 0. The summed E-state index contributed by atoms with van der Waals surface area (Å²) in [5.74, 6) is -0.437. The summed E-state index contributed by atoms with van der Waals surface area (Å²) in [5, 5.41) is 3.23. The van der Waals surface area contributed by atoms with E-state index in [0.717, 1.165) is 26.2 Å². The topological polar surface area (TPSA) is 67.6 Å². The van der Waals surface area contributed by atoms with Gasteiger partial charge in [0.1, 0.15) is 6.26 Å². The van der Waals surface area contributed by atoms with Crippen molar-refractivity contribution >= 4 is 12.0 Å². The number of rotatable bonds is 3. The fourth-order valence-corrected chi connectivity index (χ4v) is 1.56. The average Bonchev–Trinajstić information content (AvgIpc) is 2.80. The molecule has 2 heterocycles. The Morgan fingerprint density at radius 1 is 1.62 bits per heavy atom. The predicted octanol–water partition coefficient (Wildman–Crippen LogP) is 0.261. The van der Waals surface area contributed by atoms with Crippen molar-refractivity contribution in [3.05, 3.63) is 12.0 Å². The first-order valence-electron chi connectivity index (χ1n) is 5.39. The zero-order chi connectivity index (χ0) is 11.4. The minimum atomic E-state index is -0.437. The van der Waals surface area contributed by atoms with Gasteiger partial charge in [0.05, 0.1) is 6.61 Å². The van der Waals surface area contributed by atoms with Crippen LogP contribution in [0.25, 0.3) is 0 Å². The summed E-state index contributed by atoms with van der Waals surface area (Å²) in [6.07, 6.45) is 1.34. The van der Waals surface area contributed by atoms with Gasteiger partial charge in [0, 0.05) is 26.2 Å². The fourth-order valence-electron chi connectivity index (χ4n) is 1.56. The van der Waals surface area contributed by atoms with Crippen molar-refractivity contribution in [3.8, 4) is 0 Å². The van der Waals surface area contributed by atoms with Crippen LogP contribution < -0.4 is 10.2 Å². The Morgan fingerprint density at radius 3 is 3.06 bits per heavy atom. The first kappa shape index (κ1) is 10.9. The molecule has 1 aromatic rings. The largest absolute Gasteiger partial charge is 0.461 e. The summed E-state index contributed by atoms with van der Waals surface area (Å²) >= 11 is 0. The molecule has 1 fully saturated rings. The Morgan fingerprint density at radius 2 is 2.38 bits per heavy atom. The molecule has 0 aliphatic carbocycles. The van der Waals surface area contributed by atoms with Crippen molar-refractivity contribution in [3.63, 3.8) is 0 Å². The van der Waals surface area contributed by atoms with Gasteiger partial charge in [-0.15, -0.1) is 0 Å². The van der Waals surface area contributed by atoms with Crippen molar-refractivity contribution in [2.24, 2.45) is 0 Å². The molecule has 1 saturated heterocycles. The summed E-state index contributed by atoms with van der Waals surface area (Å²) in [6, 6.07) is 0.490. The van der Waals surface area contributed by atoms with Crippen molar-refractivity contribution < 1.29 is 13.9 Å². The quantitative estimate of drug-likeness (QED) is 0.744. The van der Waals surface area contributed by atoms with Crippen LogP contribution in [-0.4, -0.2) is 43.7 Å². The van der Waals surface area contributed by atoms with Gasteiger partial charge in [-0.3, -0.25) is 0 Å². The van der Waals surface area contributed by atoms with Gasteiger partial charge in [-0.1, -0.05) is 0 Å². The summed E-state index contributed by atoms with van der Waals surface area (Å²) in [6.45, 7) is 5.57. The second-order valence-corrected chi connectivity index (χ2v) is 3.47. The van der Waals surface area contributed by atoms with Crippen LogP contribution in [0.2, 0.25) is 0 Å². The molecule has 2 rings (SSSR count). The van der Waals surface area contributed by atoms with E-state index in [-0.39, 0.29) is 5.69 Å². The summed E-state index contributed by atoms with van der Waals surface area (Å²) < 4.78 is 10.1. The second-order valence-electron chi connectivity index (χ2n) is 3.47. The molecule has 0 saturated carbocycles. The van der Waals surface area contributed by atoms with E-state index in [1.807, 2.05) is 4.90 Å². The molecule has 0 spiro atoms. The van der Waals surface area contributed by atoms with Crippen LogP contribution in [0.15, 0.2) is 10.7 Å². The number of hydrogen-bond acceptors (Lipinski definition) is 6. The van der Waals surface area contributed by atoms with Crippen LogP contribution in [0.1, 0.15) is 17.4 Å². The predicted molar refractivity (Wildman–Crippen MR) is 57.5 cm³/mol. The van der Waals surface area contributed by atoms with Crippen LogP contribution >= 0.6 is 0 Å². The summed E-state index contributed by atoms with van der Waals surface area (Å²) in [5.41, 5.74) is 0.232. The second kappa shape index (κ2) is 4.98. The van der Waals surface area contributed by atoms with E-state index < -0.39 is 5.97 Å². The molecule has 0 radical (unpaired) electrons.